The van der Waals surface area contributed by atoms with Crippen LogP contribution in [0.15, 0.2) is 18.2 Å². The number of benzene rings is 1. The zero-order valence-corrected chi connectivity index (χ0v) is 13.1. The lowest BCUT2D eigenvalue weighted by atomic mass is 10.1. The largest absolute Gasteiger partial charge is 0.377 e. The average molecular weight is 282 g/mol. The molecule has 0 aliphatic rings. The van der Waals surface area contributed by atoms with Crippen LogP contribution in [0.2, 0.25) is 0 Å². The van der Waals surface area contributed by atoms with Crippen molar-refractivity contribution in [3.63, 3.8) is 0 Å². The van der Waals surface area contributed by atoms with Crippen LogP contribution in [0.5, 0.6) is 0 Å². The predicted octanol–water partition coefficient (Wildman–Crippen LogP) is 3.19. The van der Waals surface area contributed by atoms with Gasteiger partial charge in [-0.3, -0.25) is 0 Å². The number of nitrogens with zero attached hydrogens (tertiary/aromatic N) is 1. The molecule has 1 aromatic carbocycles. The Balaban J connectivity index is 2.70. The fraction of sp³-hybridized carbons (Fsp3) is 0.625. The first kappa shape index (κ1) is 16.9. The van der Waals surface area contributed by atoms with Gasteiger partial charge in [-0.2, -0.15) is 0 Å². The molecule has 0 aliphatic carbocycles. The third-order valence-corrected chi connectivity index (χ3v) is 3.07. The smallest absolute Gasteiger partial charge is 0.146 e. The highest BCUT2D eigenvalue weighted by molar-refractivity contribution is 5.54. The van der Waals surface area contributed by atoms with Gasteiger partial charge in [0.2, 0.25) is 0 Å². The summed E-state index contributed by atoms with van der Waals surface area (Å²) in [5.74, 6) is -0.173. The SMILES string of the molecule is CCCNCc1cccc(F)c1N(C)CCOC(C)C. The summed E-state index contributed by atoms with van der Waals surface area (Å²) in [7, 11) is 1.91. The molecule has 3 nitrogen and oxygen atoms in total. The Bertz CT molecular complexity index is 396. The fourth-order valence-electron chi connectivity index (χ4n) is 2.07. The summed E-state index contributed by atoms with van der Waals surface area (Å²) in [6.07, 6.45) is 1.28. The van der Waals surface area contributed by atoms with Crippen molar-refractivity contribution in [1.82, 2.24) is 5.32 Å². The zero-order chi connectivity index (χ0) is 15.0. The van der Waals surface area contributed by atoms with Crippen molar-refractivity contribution < 1.29 is 9.13 Å². The predicted molar refractivity (Wildman–Crippen MR) is 82.8 cm³/mol. The van der Waals surface area contributed by atoms with Gasteiger partial charge in [-0.25, -0.2) is 4.39 Å². The topological polar surface area (TPSA) is 24.5 Å². The summed E-state index contributed by atoms with van der Waals surface area (Å²) in [6.45, 7) is 9.04. The van der Waals surface area contributed by atoms with Gasteiger partial charge in [0.05, 0.1) is 18.4 Å². The van der Waals surface area contributed by atoms with Gasteiger partial charge in [-0.1, -0.05) is 19.1 Å². The molecule has 0 saturated carbocycles. The minimum atomic E-state index is -0.173. The molecule has 1 N–H and O–H groups in total. The number of likely N-dealkylation sites (N-methyl/N-ethyl adjacent to an activating group) is 1. The molecular formula is C16H27FN2O. The number of para-hydroxylation sites is 1. The van der Waals surface area contributed by atoms with Crippen molar-refractivity contribution in [3.05, 3.63) is 29.6 Å². The van der Waals surface area contributed by atoms with Crippen LogP contribution in [0.4, 0.5) is 10.1 Å². The molecule has 0 heterocycles. The molecular weight excluding hydrogens is 255 g/mol. The van der Waals surface area contributed by atoms with Gasteiger partial charge in [-0.15, -0.1) is 0 Å². The second kappa shape index (κ2) is 8.93. The van der Waals surface area contributed by atoms with Crippen LogP contribution >= 0.6 is 0 Å². The van der Waals surface area contributed by atoms with Crippen LogP contribution in [0.1, 0.15) is 32.8 Å². The van der Waals surface area contributed by atoms with Gasteiger partial charge in [0, 0.05) is 20.1 Å². The molecule has 0 atom stereocenters. The molecule has 0 bridgehead atoms. The molecule has 0 aliphatic heterocycles. The maximum absolute atomic E-state index is 14.1. The second-order valence-electron chi connectivity index (χ2n) is 5.27. The molecule has 20 heavy (non-hydrogen) atoms. The van der Waals surface area contributed by atoms with E-state index in [1.54, 1.807) is 6.07 Å². The maximum atomic E-state index is 14.1. The molecule has 0 fully saturated rings. The molecule has 0 spiro atoms. The number of halogens is 1. The number of rotatable bonds is 9. The van der Waals surface area contributed by atoms with E-state index >= 15 is 0 Å². The van der Waals surface area contributed by atoms with Gasteiger partial charge in [0.25, 0.3) is 0 Å². The summed E-state index contributed by atoms with van der Waals surface area (Å²) in [6, 6.07) is 5.25. The quantitative estimate of drug-likeness (QED) is 0.704. The van der Waals surface area contributed by atoms with E-state index in [0.717, 1.165) is 18.5 Å². The maximum Gasteiger partial charge on any atom is 0.146 e. The van der Waals surface area contributed by atoms with Crippen molar-refractivity contribution >= 4 is 5.69 Å². The molecule has 0 unspecified atom stereocenters. The lowest BCUT2D eigenvalue weighted by Crippen LogP contribution is -2.27. The average Bonchev–Trinajstić information content (AvgIpc) is 2.38. The van der Waals surface area contributed by atoms with E-state index < -0.39 is 0 Å². The molecule has 0 amide bonds. The first-order valence-electron chi connectivity index (χ1n) is 7.37. The number of hydrogen-bond donors (Lipinski definition) is 1. The first-order chi connectivity index (χ1) is 9.56. The Hall–Kier alpha value is -1.13. The zero-order valence-electron chi connectivity index (χ0n) is 13.1. The van der Waals surface area contributed by atoms with E-state index in [1.165, 1.54) is 6.07 Å². The monoisotopic (exact) mass is 282 g/mol. The van der Waals surface area contributed by atoms with Crippen LogP contribution in [0.25, 0.3) is 0 Å². The van der Waals surface area contributed by atoms with E-state index in [2.05, 4.69) is 12.2 Å². The van der Waals surface area contributed by atoms with E-state index in [9.17, 15) is 4.39 Å². The number of nitrogens with one attached hydrogen (secondary N) is 1. The van der Waals surface area contributed by atoms with Crippen LogP contribution in [-0.2, 0) is 11.3 Å². The van der Waals surface area contributed by atoms with Crippen molar-refractivity contribution in [2.45, 2.75) is 39.8 Å². The Labute approximate surface area is 122 Å². The normalized spacial score (nSPS) is 11.1. The standard InChI is InChI=1S/C16H27FN2O/c1-5-9-18-12-14-7-6-8-15(17)16(14)19(4)10-11-20-13(2)3/h6-8,13,18H,5,9-12H2,1-4H3. The van der Waals surface area contributed by atoms with Gasteiger partial charge >= 0.3 is 0 Å². The Morgan fingerprint density at radius 1 is 1.35 bits per heavy atom. The Morgan fingerprint density at radius 2 is 2.10 bits per heavy atom. The summed E-state index contributed by atoms with van der Waals surface area (Å²) in [5, 5.41) is 3.32. The Kier molecular flexibility index (Phi) is 7.55. The van der Waals surface area contributed by atoms with Crippen molar-refractivity contribution in [2.24, 2.45) is 0 Å². The minimum Gasteiger partial charge on any atom is -0.377 e. The van der Waals surface area contributed by atoms with Crippen LogP contribution in [-0.4, -0.2) is 32.8 Å². The van der Waals surface area contributed by atoms with E-state index in [0.29, 0.717) is 25.4 Å². The van der Waals surface area contributed by atoms with Crippen LogP contribution in [0.3, 0.4) is 0 Å². The number of anilines is 1. The summed E-state index contributed by atoms with van der Waals surface area (Å²) >= 11 is 0. The Morgan fingerprint density at radius 3 is 2.75 bits per heavy atom. The molecule has 1 rings (SSSR count). The number of hydrogen-bond acceptors (Lipinski definition) is 3. The van der Waals surface area contributed by atoms with Crippen molar-refractivity contribution in [2.75, 3.05) is 31.6 Å². The molecule has 0 aromatic heterocycles. The van der Waals surface area contributed by atoms with Crippen LogP contribution < -0.4 is 10.2 Å². The molecule has 1 aromatic rings. The first-order valence-corrected chi connectivity index (χ1v) is 7.37. The molecule has 114 valence electrons. The van der Waals surface area contributed by atoms with Crippen molar-refractivity contribution in [1.29, 1.82) is 0 Å². The lowest BCUT2D eigenvalue weighted by Gasteiger charge is -2.23. The summed E-state index contributed by atoms with van der Waals surface area (Å²) in [5.41, 5.74) is 1.66. The molecule has 0 saturated heterocycles. The van der Waals surface area contributed by atoms with Gasteiger partial charge in [0.15, 0.2) is 0 Å². The number of ether oxygens (including phenoxy) is 1. The fourth-order valence-corrected chi connectivity index (χ4v) is 2.07. The van der Waals surface area contributed by atoms with Crippen LogP contribution in [0, 0.1) is 5.82 Å². The summed E-state index contributed by atoms with van der Waals surface area (Å²) in [4.78, 5) is 1.93. The molecule has 0 radical (unpaired) electrons. The highest BCUT2D eigenvalue weighted by Gasteiger charge is 2.12. The van der Waals surface area contributed by atoms with E-state index in [1.807, 2.05) is 31.9 Å². The van der Waals surface area contributed by atoms with Gasteiger partial charge in [0.1, 0.15) is 5.82 Å². The lowest BCUT2D eigenvalue weighted by molar-refractivity contribution is 0.0845. The van der Waals surface area contributed by atoms with Gasteiger partial charge in [-0.05, 0) is 38.4 Å². The van der Waals surface area contributed by atoms with Crippen molar-refractivity contribution in [3.8, 4) is 0 Å². The summed E-state index contributed by atoms with van der Waals surface area (Å²) < 4.78 is 19.6. The minimum absolute atomic E-state index is 0.173. The second-order valence-corrected chi connectivity index (χ2v) is 5.27. The van der Waals surface area contributed by atoms with Gasteiger partial charge < -0.3 is 15.0 Å². The third-order valence-electron chi connectivity index (χ3n) is 3.07. The molecule has 4 heteroatoms. The van der Waals surface area contributed by atoms with E-state index in [4.69, 9.17) is 4.74 Å². The highest BCUT2D eigenvalue weighted by Crippen LogP contribution is 2.23. The third kappa shape index (κ3) is 5.47. The van der Waals surface area contributed by atoms with E-state index in [-0.39, 0.29) is 11.9 Å². The highest BCUT2D eigenvalue weighted by atomic mass is 19.1.